The fourth-order valence-electron chi connectivity index (χ4n) is 2.43. The summed E-state index contributed by atoms with van der Waals surface area (Å²) in [4.78, 5) is 0. The van der Waals surface area contributed by atoms with Crippen molar-refractivity contribution in [3.05, 3.63) is 29.8 Å². The van der Waals surface area contributed by atoms with E-state index in [2.05, 4.69) is 45.1 Å². The predicted molar refractivity (Wildman–Crippen MR) is 84.3 cm³/mol. The Kier molecular flexibility index (Phi) is 7.03. The SMILES string of the molecule is CCC(CO)(CCCOc1ccc(C)cc1)NC(C)C. The highest BCUT2D eigenvalue weighted by atomic mass is 16.5. The maximum absolute atomic E-state index is 9.67. The molecule has 2 N–H and O–H groups in total. The first-order valence-corrected chi connectivity index (χ1v) is 7.59. The van der Waals surface area contributed by atoms with Gasteiger partial charge in [-0.05, 0) is 38.3 Å². The minimum Gasteiger partial charge on any atom is -0.494 e. The Morgan fingerprint density at radius 3 is 2.40 bits per heavy atom. The molecule has 20 heavy (non-hydrogen) atoms. The summed E-state index contributed by atoms with van der Waals surface area (Å²) in [6, 6.07) is 8.49. The molecule has 0 saturated heterocycles. The molecule has 0 heterocycles. The van der Waals surface area contributed by atoms with E-state index in [1.54, 1.807) is 0 Å². The summed E-state index contributed by atoms with van der Waals surface area (Å²) in [7, 11) is 0. The third kappa shape index (κ3) is 5.51. The van der Waals surface area contributed by atoms with Crippen molar-refractivity contribution in [3.63, 3.8) is 0 Å². The molecule has 1 aromatic rings. The first kappa shape index (κ1) is 17.0. The van der Waals surface area contributed by atoms with Crippen LogP contribution in [-0.2, 0) is 0 Å². The molecule has 0 aliphatic rings. The summed E-state index contributed by atoms with van der Waals surface area (Å²) < 4.78 is 5.74. The maximum Gasteiger partial charge on any atom is 0.119 e. The van der Waals surface area contributed by atoms with E-state index >= 15 is 0 Å². The predicted octanol–water partition coefficient (Wildman–Crippen LogP) is 3.29. The first-order chi connectivity index (χ1) is 9.51. The zero-order chi connectivity index (χ0) is 15.0. The maximum atomic E-state index is 9.67. The van der Waals surface area contributed by atoms with Crippen molar-refractivity contribution >= 4 is 0 Å². The van der Waals surface area contributed by atoms with Gasteiger partial charge in [0.2, 0.25) is 0 Å². The van der Waals surface area contributed by atoms with Gasteiger partial charge >= 0.3 is 0 Å². The van der Waals surface area contributed by atoms with E-state index in [1.165, 1.54) is 5.56 Å². The van der Waals surface area contributed by atoms with Gasteiger partial charge in [-0.1, -0.05) is 38.5 Å². The van der Waals surface area contributed by atoms with Crippen molar-refractivity contribution in [2.45, 2.75) is 58.5 Å². The van der Waals surface area contributed by atoms with Crippen LogP contribution >= 0.6 is 0 Å². The van der Waals surface area contributed by atoms with Gasteiger partial charge in [0.1, 0.15) is 5.75 Å². The third-order valence-electron chi connectivity index (χ3n) is 3.66. The highest BCUT2D eigenvalue weighted by molar-refractivity contribution is 5.26. The Morgan fingerprint density at radius 2 is 1.90 bits per heavy atom. The van der Waals surface area contributed by atoms with Gasteiger partial charge in [0.15, 0.2) is 0 Å². The van der Waals surface area contributed by atoms with Crippen LogP contribution in [0.1, 0.15) is 45.6 Å². The fourth-order valence-corrected chi connectivity index (χ4v) is 2.43. The molecule has 0 bridgehead atoms. The molecular formula is C17H29NO2. The molecular weight excluding hydrogens is 250 g/mol. The van der Waals surface area contributed by atoms with Crippen molar-refractivity contribution in [1.29, 1.82) is 0 Å². The number of hydrogen-bond donors (Lipinski definition) is 2. The molecule has 1 aromatic carbocycles. The molecule has 3 nitrogen and oxygen atoms in total. The molecule has 0 fully saturated rings. The first-order valence-electron chi connectivity index (χ1n) is 7.59. The van der Waals surface area contributed by atoms with E-state index in [1.807, 2.05) is 12.1 Å². The van der Waals surface area contributed by atoms with Crippen LogP contribution in [0.25, 0.3) is 0 Å². The molecule has 0 spiro atoms. The van der Waals surface area contributed by atoms with E-state index in [9.17, 15) is 5.11 Å². The molecule has 1 rings (SSSR count). The number of nitrogens with one attached hydrogen (secondary N) is 1. The monoisotopic (exact) mass is 279 g/mol. The van der Waals surface area contributed by atoms with Gasteiger partial charge in [0.25, 0.3) is 0 Å². The largest absolute Gasteiger partial charge is 0.494 e. The Bertz CT molecular complexity index is 369. The minimum atomic E-state index is -0.176. The second-order valence-corrected chi connectivity index (χ2v) is 5.86. The molecule has 3 heteroatoms. The summed E-state index contributed by atoms with van der Waals surface area (Å²) in [5, 5.41) is 13.2. The normalized spacial score (nSPS) is 14.3. The topological polar surface area (TPSA) is 41.5 Å². The number of hydrogen-bond acceptors (Lipinski definition) is 3. The summed E-state index contributed by atoms with van der Waals surface area (Å²) in [5.74, 6) is 0.915. The van der Waals surface area contributed by atoms with Crippen LogP contribution < -0.4 is 10.1 Å². The smallest absolute Gasteiger partial charge is 0.119 e. The van der Waals surface area contributed by atoms with E-state index < -0.39 is 0 Å². The molecule has 1 atom stereocenters. The summed E-state index contributed by atoms with van der Waals surface area (Å²) in [6.07, 6.45) is 2.78. The summed E-state index contributed by atoms with van der Waals surface area (Å²) in [5.41, 5.74) is 1.06. The zero-order valence-corrected chi connectivity index (χ0v) is 13.3. The Morgan fingerprint density at radius 1 is 1.25 bits per heavy atom. The molecule has 1 unspecified atom stereocenters. The minimum absolute atomic E-state index is 0.173. The number of ether oxygens (including phenoxy) is 1. The van der Waals surface area contributed by atoms with Crippen molar-refractivity contribution in [1.82, 2.24) is 5.32 Å². The van der Waals surface area contributed by atoms with Gasteiger partial charge in [-0.15, -0.1) is 0 Å². The fraction of sp³-hybridized carbons (Fsp3) is 0.647. The quantitative estimate of drug-likeness (QED) is 0.682. The van der Waals surface area contributed by atoms with E-state index in [-0.39, 0.29) is 12.1 Å². The Labute approximate surface area is 123 Å². The van der Waals surface area contributed by atoms with Crippen molar-refractivity contribution in [3.8, 4) is 5.75 Å². The Balaban J connectivity index is 2.38. The van der Waals surface area contributed by atoms with Gasteiger partial charge in [-0.3, -0.25) is 0 Å². The molecule has 114 valence electrons. The van der Waals surface area contributed by atoms with Crippen molar-refractivity contribution in [2.24, 2.45) is 0 Å². The number of benzene rings is 1. The molecule has 0 amide bonds. The van der Waals surface area contributed by atoms with Crippen LogP contribution in [-0.4, -0.2) is 29.9 Å². The van der Waals surface area contributed by atoms with E-state index in [0.29, 0.717) is 12.6 Å². The van der Waals surface area contributed by atoms with Crippen LogP contribution in [0.15, 0.2) is 24.3 Å². The lowest BCUT2D eigenvalue weighted by molar-refractivity contribution is 0.129. The van der Waals surface area contributed by atoms with Crippen molar-refractivity contribution < 1.29 is 9.84 Å². The average molecular weight is 279 g/mol. The van der Waals surface area contributed by atoms with Gasteiger partial charge < -0.3 is 15.2 Å². The second-order valence-electron chi connectivity index (χ2n) is 5.86. The van der Waals surface area contributed by atoms with Gasteiger partial charge in [-0.2, -0.15) is 0 Å². The van der Waals surface area contributed by atoms with E-state index in [4.69, 9.17) is 4.74 Å². The zero-order valence-electron chi connectivity index (χ0n) is 13.3. The molecule has 0 aromatic heterocycles. The van der Waals surface area contributed by atoms with Crippen LogP contribution in [0.5, 0.6) is 5.75 Å². The third-order valence-corrected chi connectivity index (χ3v) is 3.66. The Hall–Kier alpha value is -1.06. The molecule has 0 aliphatic carbocycles. The number of aliphatic hydroxyl groups excluding tert-OH is 1. The number of aliphatic hydroxyl groups is 1. The molecule has 0 saturated carbocycles. The van der Waals surface area contributed by atoms with Crippen LogP contribution in [0, 0.1) is 6.92 Å². The summed E-state index contributed by atoms with van der Waals surface area (Å²) in [6.45, 7) is 9.27. The second kappa shape index (κ2) is 8.28. The number of rotatable bonds is 9. The average Bonchev–Trinajstić information content (AvgIpc) is 2.44. The molecule has 0 aliphatic heterocycles. The van der Waals surface area contributed by atoms with E-state index in [0.717, 1.165) is 25.0 Å². The van der Waals surface area contributed by atoms with Gasteiger partial charge in [0, 0.05) is 11.6 Å². The van der Waals surface area contributed by atoms with Crippen LogP contribution in [0.3, 0.4) is 0 Å². The van der Waals surface area contributed by atoms with Crippen LogP contribution in [0.4, 0.5) is 0 Å². The lowest BCUT2D eigenvalue weighted by atomic mass is 9.90. The molecule has 0 radical (unpaired) electrons. The van der Waals surface area contributed by atoms with Gasteiger partial charge in [0.05, 0.1) is 13.2 Å². The highest BCUT2D eigenvalue weighted by Gasteiger charge is 2.27. The van der Waals surface area contributed by atoms with Gasteiger partial charge in [-0.25, -0.2) is 0 Å². The lowest BCUT2D eigenvalue weighted by Crippen LogP contribution is -2.51. The highest BCUT2D eigenvalue weighted by Crippen LogP contribution is 2.19. The van der Waals surface area contributed by atoms with Crippen LogP contribution in [0.2, 0.25) is 0 Å². The summed E-state index contributed by atoms with van der Waals surface area (Å²) >= 11 is 0. The lowest BCUT2D eigenvalue weighted by Gasteiger charge is -2.34. The van der Waals surface area contributed by atoms with Crippen molar-refractivity contribution in [2.75, 3.05) is 13.2 Å². The number of aryl methyl sites for hydroxylation is 1. The standard InChI is InChI=1S/C17H29NO2/c1-5-17(13-19,18-14(2)3)11-6-12-20-16-9-7-15(4)8-10-16/h7-10,14,18-19H,5-6,11-13H2,1-4H3.